The molecule has 1 amide bonds. The average molecular weight is 366 g/mol. The molecular formula is C19H21Cl2NO2. The van der Waals surface area contributed by atoms with Gasteiger partial charge in [-0.1, -0.05) is 49.4 Å². The van der Waals surface area contributed by atoms with Crippen LogP contribution in [-0.2, 0) is 0 Å². The Bertz CT molecular complexity index is 651. The average Bonchev–Trinajstić information content (AvgIpc) is 2.54. The van der Waals surface area contributed by atoms with Crippen LogP contribution < -0.4 is 10.1 Å². The van der Waals surface area contributed by atoms with Gasteiger partial charge in [-0.2, -0.15) is 0 Å². The van der Waals surface area contributed by atoms with Gasteiger partial charge in [0.1, 0.15) is 5.75 Å². The van der Waals surface area contributed by atoms with Crippen LogP contribution in [0.4, 0.5) is 5.69 Å². The molecule has 0 bridgehead atoms. The van der Waals surface area contributed by atoms with Crippen LogP contribution in [0.25, 0.3) is 0 Å². The maximum Gasteiger partial charge on any atom is 0.255 e. The van der Waals surface area contributed by atoms with Gasteiger partial charge in [0.2, 0.25) is 0 Å². The third kappa shape index (κ3) is 6.06. The Labute approximate surface area is 152 Å². The summed E-state index contributed by atoms with van der Waals surface area (Å²) in [5.74, 6) is 0.552. The van der Waals surface area contributed by atoms with Gasteiger partial charge in [-0.05, 0) is 48.9 Å². The molecule has 128 valence electrons. The van der Waals surface area contributed by atoms with E-state index in [0.29, 0.717) is 27.9 Å². The quantitative estimate of drug-likeness (QED) is 0.565. The van der Waals surface area contributed by atoms with Gasteiger partial charge in [-0.3, -0.25) is 4.79 Å². The fraction of sp³-hybridized carbons (Fsp3) is 0.316. The molecular weight excluding hydrogens is 345 g/mol. The van der Waals surface area contributed by atoms with Crippen LogP contribution in [0.5, 0.6) is 5.75 Å². The Morgan fingerprint density at radius 3 is 2.29 bits per heavy atom. The lowest BCUT2D eigenvalue weighted by Gasteiger charge is -2.08. The van der Waals surface area contributed by atoms with Gasteiger partial charge < -0.3 is 10.1 Å². The first kappa shape index (κ1) is 18.6. The summed E-state index contributed by atoms with van der Waals surface area (Å²) >= 11 is 11.9. The van der Waals surface area contributed by atoms with Crippen molar-refractivity contribution in [1.29, 1.82) is 0 Å². The number of rotatable bonds is 8. The SMILES string of the molecule is CCCCCCOc1ccc(C(=O)Nc2cc(Cl)cc(Cl)c2)cc1. The minimum Gasteiger partial charge on any atom is -0.494 e. The summed E-state index contributed by atoms with van der Waals surface area (Å²) < 4.78 is 5.67. The summed E-state index contributed by atoms with van der Waals surface area (Å²) in [5, 5.41) is 3.73. The number of carbonyl (C=O) groups is 1. The molecule has 0 fully saturated rings. The van der Waals surface area contributed by atoms with Crippen molar-refractivity contribution in [2.75, 3.05) is 11.9 Å². The number of anilines is 1. The van der Waals surface area contributed by atoms with E-state index in [9.17, 15) is 4.79 Å². The highest BCUT2D eigenvalue weighted by Gasteiger charge is 2.07. The normalized spacial score (nSPS) is 10.5. The first-order chi connectivity index (χ1) is 11.6. The van der Waals surface area contributed by atoms with Crippen molar-refractivity contribution < 1.29 is 9.53 Å². The van der Waals surface area contributed by atoms with Crippen LogP contribution in [-0.4, -0.2) is 12.5 Å². The lowest BCUT2D eigenvalue weighted by molar-refractivity contribution is 0.102. The van der Waals surface area contributed by atoms with E-state index < -0.39 is 0 Å². The zero-order chi connectivity index (χ0) is 17.4. The minimum atomic E-state index is -0.220. The van der Waals surface area contributed by atoms with Crippen molar-refractivity contribution in [3.8, 4) is 5.75 Å². The molecule has 1 N–H and O–H groups in total. The number of amides is 1. The smallest absolute Gasteiger partial charge is 0.255 e. The fourth-order valence-electron chi connectivity index (χ4n) is 2.25. The molecule has 2 aromatic rings. The van der Waals surface area contributed by atoms with Crippen molar-refractivity contribution in [2.45, 2.75) is 32.6 Å². The standard InChI is InChI=1S/C19H21Cl2NO2/c1-2-3-4-5-10-24-18-8-6-14(7-9-18)19(23)22-17-12-15(20)11-16(21)13-17/h6-9,11-13H,2-5,10H2,1H3,(H,22,23). The van der Waals surface area contributed by atoms with E-state index >= 15 is 0 Å². The number of hydrogen-bond donors (Lipinski definition) is 1. The van der Waals surface area contributed by atoms with Gasteiger partial charge in [0.05, 0.1) is 6.61 Å². The Morgan fingerprint density at radius 1 is 1.00 bits per heavy atom. The van der Waals surface area contributed by atoms with E-state index in [0.717, 1.165) is 12.2 Å². The summed E-state index contributed by atoms with van der Waals surface area (Å²) in [5.41, 5.74) is 1.11. The molecule has 0 radical (unpaired) electrons. The van der Waals surface area contributed by atoms with Crippen molar-refractivity contribution in [3.05, 3.63) is 58.1 Å². The molecule has 2 aromatic carbocycles. The zero-order valence-electron chi connectivity index (χ0n) is 13.6. The lowest BCUT2D eigenvalue weighted by atomic mass is 10.2. The molecule has 24 heavy (non-hydrogen) atoms. The Hall–Kier alpha value is -1.71. The highest BCUT2D eigenvalue weighted by molar-refractivity contribution is 6.35. The van der Waals surface area contributed by atoms with Crippen molar-refractivity contribution >= 4 is 34.8 Å². The molecule has 0 saturated carbocycles. The first-order valence-corrected chi connectivity index (χ1v) is 8.84. The van der Waals surface area contributed by atoms with Crippen LogP contribution in [0, 0.1) is 0 Å². The van der Waals surface area contributed by atoms with E-state index in [1.807, 2.05) is 0 Å². The van der Waals surface area contributed by atoms with Crippen molar-refractivity contribution in [2.24, 2.45) is 0 Å². The molecule has 0 unspecified atom stereocenters. The topological polar surface area (TPSA) is 38.3 Å². The van der Waals surface area contributed by atoms with E-state index in [1.165, 1.54) is 19.3 Å². The molecule has 0 aliphatic heterocycles. The molecule has 0 aliphatic rings. The zero-order valence-corrected chi connectivity index (χ0v) is 15.2. The molecule has 0 aromatic heterocycles. The van der Waals surface area contributed by atoms with Crippen LogP contribution in [0.3, 0.4) is 0 Å². The molecule has 2 rings (SSSR count). The number of benzene rings is 2. The highest BCUT2D eigenvalue weighted by Crippen LogP contribution is 2.23. The summed E-state index contributed by atoms with van der Waals surface area (Å²) in [7, 11) is 0. The monoisotopic (exact) mass is 365 g/mol. The van der Waals surface area contributed by atoms with Crippen LogP contribution in [0.15, 0.2) is 42.5 Å². The van der Waals surface area contributed by atoms with Gasteiger partial charge in [-0.15, -0.1) is 0 Å². The van der Waals surface area contributed by atoms with Gasteiger partial charge in [0.15, 0.2) is 0 Å². The molecule has 5 heteroatoms. The number of halogens is 2. The third-order valence-electron chi connectivity index (χ3n) is 3.50. The summed E-state index contributed by atoms with van der Waals surface area (Å²) in [6.45, 7) is 2.88. The van der Waals surface area contributed by atoms with Crippen molar-refractivity contribution in [1.82, 2.24) is 0 Å². The maximum absolute atomic E-state index is 12.2. The minimum absolute atomic E-state index is 0.220. The van der Waals surface area contributed by atoms with E-state index in [-0.39, 0.29) is 5.91 Å². The number of nitrogens with one attached hydrogen (secondary N) is 1. The van der Waals surface area contributed by atoms with Gasteiger partial charge in [0, 0.05) is 21.3 Å². The lowest BCUT2D eigenvalue weighted by Crippen LogP contribution is -2.11. The maximum atomic E-state index is 12.2. The highest BCUT2D eigenvalue weighted by atomic mass is 35.5. The molecule has 0 aliphatic carbocycles. The summed E-state index contributed by atoms with van der Waals surface area (Å²) in [4.78, 5) is 12.2. The molecule has 0 heterocycles. The van der Waals surface area contributed by atoms with Gasteiger partial charge in [0.25, 0.3) is 5.91 Å². The van der Waals surface area contributed by atoms with Crippen molar-refractivity contribution in [3.63, 3.8) is 0 Å². The molecule has 0 spiro atoms. The Morgan fingerprint density at radius 2 is 1.67 bits per heavy atom. The van der Waals surface area contributed by atoms with Crippen LogP contribution >= 0.6 is 23.2 Å². The van der Waals surface area contributed by atoms with E-state index in [1.54, 1.807) is 42.5 Å². The Balaban J connectivity index is 1.88. The summed E-state index contributed by atoms with van der Waals surface area (Å²) in [6.07, 6.45) is 4.67. The molecule has 3 nitrogen and oxygen atoms in total. The predicted molar refractivity (Wildman–Crippen MR) is 100 cm³/mol. The second-order valence-electron chi connectivity index (χ2n) is 5.55. The second kappa shape index (κ2) is 9.55. The predicted octanol–water partition coefficient (Wildman–Crippen LogP) is 6.20. The van der Waals surface area contributed by atoms with Crippen LogP contribution in [0.1, 0.15) is 43.0 Å². The largest absolute Gasteiger partial charge is 0.494 e. The Kier molecular flexibility index (Phi) is 7.41. The van der Waals surface area contributed by atoms with E-state index in [4.69, 9.17) is 27.9 Å². The number of ether oxygens (including phenoxy) is 1. The second-order valence-corrected chi connectivity index (χ2v) is 6.42. The fourth-order valence-corrected chi connectivity index (χ4v) is 2.78. The molecule has 0 atom stereocenters. The first-order valence-electron chi connectivity index (χ1n) is 8.09. The van der Waals surface area contributed by atoms with Crippen LogP contribution in [0.2, 0.25) is 10.0 Å². The summed E-state index contributed by atoms with van der Waals surface area (Å²) in [6, 6.07) is 12.0. The van der Waals surface area contributed by atoms with E-state index in [2.05, 4.69) is 12.2 Å². The number of carbonyl (C=O) groups excluding carboxylic acids is 1. The number of unbranched alkanes of at least 4 members (excludes halogenated alkanes) is 3. The number of hydrogen-bond acceptors (Lipinski definition) is 2. The van der Waals surface area contributed by atoms with Gasteiger partial charge in [-0.25, -0.2) is 0 Å². The third-order valence-corrected chi connectivity index (χ3v) is 3.94. The molecule has 0 saturated heterocycles. The van der Waals surface area contributed by atoms with Gasteiger partial charge >= 0.3 is 0 Å².